The van der Waals surface area contributed by atoms with Gasteiger partial charge in [-0.15, -0.1) is 0 Å². The van der Waals surface area contributed by atoms with Crippen molar-refractivity contribution in [3.05, 3.63) is 69.8 Å². The van der Waals surface area contributed by atoms with Crippen LogP contribution in [0.25, 0.3) is 0 Å². The molecule has 0 bridgehead atoms. The van der Waals surface area contributed by atoms with Gasteiger partial charge in [0.1, 0.15) is 16.9 Å². The Bertz CT molecular complexity index is 1800. The van der Waals surface area contributed by atoms with Crippen LogP contribution >= 0.6 is 23.5 Å². The number of hydrogen-bond acceptors (Lipinski definition) is 13. The number of non-ortho nitro benzene ring substituents is 1. The van der Waals surface area contributed by atoms with Crippen molar-refractivity contribution in [1.82, 2.24) is 0 Å². The van der Waals surface area contributed by atoms with Gasteiger partial charge < -0.3 is 38.3 Å². The number of nitro benzene ring substituents is 1. The molecule has 0 aromatic heterocycles. The molecule has 3 aromatic carbocycles. The second kappa shape index (κ2) is 14.8. The van der Waals surface area contributed by atoms with Crippen molar-refractivity contribution in [2.24, 2.45) is 0 Å². The summed E-state index contributed by atoms with van der Waals surface area (Å²) in [5.74, 6) is -1.50. The first-order valence-electron chi connectivity index (χ1n) is 15.2. The lowest BCUT2D eigenvalue weighted by Crippen LogP contribution is -2.42. The lowest BCUT2D eigenvalue weighted by molar-refractivity contribution is -0.384. The van der Waals surface area contributed by atoms with Crippen LogP contribution in [0.4, 0.5) is 23.2 Å². The number of thioether (sulfide) groups is 2. The second-order valence-electron chi connectivity index (χ2n) is 11.2. The van der Waals surface area contributed by atoms with Crippen LogP contribution in [0.5, 0.6) is 40.2 Å². The number of carboxylic acid groups (broad SMARTS) is 1. The number of carboxylic acids is 1. The number of fused-ring (bicyclic) bond motifs is 2. The summed E-state index contributed by atoms with van der Waals surface area (Å²) in [5, 5.41) is 19.9. The fraction of sp³-hybridized carbons (Fsp3) is 0.375. The molecule has 2 saturated heterocycles. The third kappa shape index (κ3) is 7.93. The third-order valence-corrected chi connectivity index (χ3v) is 9.93. The molecule has 4 heterocycles. The molecule has 51 heavy (non-hydrogen) atoms. The highest BCUT2D eigenvalue weighted by molar-refractivity contribution is 7.99. The monoisotopic (exact) mass is 757 g/mol. The SMILES string of the molecule is O=C(O)c1ccc(OC(F)F)c2c1OC1(CCSCC1)O2.O=C(Oc1ccc([N+](=O)[O-])cc1)c1ccc(OC(F)F)c2c1OC1(CCSCC1)O2. The van der Waals surface area contributed by atoms with Gasteiger partial charge in [-0.1, -0.05) is 0 Å². The molecule has 0 atom stereocenters. The lowest BCUT2D eigenvalue weighted by Gasteiger charge is -2.31. The Morgan fingerprint density at radius 2 is 1.14 bits per heavy atom. The number of alkyl halides is 4. The number of carbonyl (C=O) groups excluding carboxylic acids is 1. The summed E-state index contributed by atoms with van der Waals surface area (Å²) in [6, 6.07) is 9.74. The van der Waals surface area contributed by atoms with E-state index in [1.54, 1.807) is 23.5 Å². The Morgan fingerprint density at radius 3 is 1.57 bits per heavy atom. The van der Waals surface area contributed by atoms with Crippen LogP contribution < -0.4 is 33.2 Å². The van der Waals surface area contributed by atoms with Crippen molar-refractivity contribution in [3.8, 4) is 40.2 Å². The average molecular weight is 758 g/mol. The van der Waals surface area contributed by atoms with Gasteiger partial charge in [0.25, 0.3) is 17.3 Å². The predicted octanol–water partition coefficient (Wildman–Crippen LogP) is 7.39. The standard InChI is InChI=1S/C19H15F2NO7S.C13H12F2O5S/c20-18(21)27-14-6-5-13(15-16(14)29-19(28-15)7-9-30-10-8-19)17(23)26-12-3-1-11(2-4-12)22(24)25;14-12(15)18-8-2-1-7(11(16)17)9-10(8)20-13(19-9)3-5-21-6-4-13/h1-6,18H,7-10H2;1-2,12H,3-6H2,(H,16,17). The van der Waals surface area contributed by atoms with Crippen molar-refractivity contribution in [1.29, 1.82) is 0 Å². The molecule has 2 fully saturated rings. The minimum absolute atomic E-state index is 0.0213. The number of hydrogen-bond donors (Lipinski definition) is 1. The number of rotatable bonds is 8. The Hall–Kier alpha value is -4.78. The van der Waals surface area contributed by atoms with Gasteiger partial charge >= 0.3 is 25.2 Å². The average Bonchev–Trinajstić information content (AvgIpc) is 3.64. The van der Waals surface area contributed by atoms with E-state index >= 15 is 0 Å². The van der Waals surface area contributed by atoms with E-state index in [0.29, 0.717) is 25.7 Å². The summed E-state index contributed by atoms with van der Waals surface area (Å²) in [6.07, 6.45) is 2.13. The zero-order chi connectivity index (χ0) is 36.3. The smallest absolute Gasteiger partial charge is 0.387 e. The molecule has 272 valence electrons. The van der Waals surface area contributed by atoms with E-state index in [0.717, 1.165) is 29.1 Å². The summed E-state index contributed by atoms with van der Waals surface area (Å²) in [7, 11) is 0. The van der Waals surface area contributed by atoms with Crippen LogP contribution in [0.1, 0.15) is 46.4 Å². The van der Waals surface area contributed by atoms with Gasteiger partial charge in [-0.25, -0.2) is 9.59 Å². The van der Waals surface area contributed by atoms with Gasteiger partial charge in [0.2, 0.25) is 11.5 Å². The molecule has 2 spiro atoms. The summed E-state index contributed by atoms with van der Waals surface area (Å²) in [4.78, 5) is 34.1. The van der Waals surface area contributed by atoms with Crippen LogP contribution in [-0.2, 0) is 0 Å². The summed E-state index contributed by atoms with van der Waals surface area (Å²) >= 11 is 3.45. The van der Waals surface area contributed by atoms with Crippen LogP contribution in [0, 0.1) is 10.1 Å². The van der Waals surface area contributed by atoms with E-state index in [2.05, 4.69) is 9.47 Å². The summed E-state index contributed by atoms with van der Waals surface area (Å²) in [5.41, 5.74) is -0.306. The Kier molecular flexibility index (Phi) is 10.5. The second-order valence-corrected chi connectivity index (χ2v) is 13.6. The first-order chi connectivity index (χ1) is 24.4. The van der Waals surface area contributed by atoms with Crippen molar-refractivity contribution in [2.45, 2.75) is 50.5 Å². The Morgan fingerprint density at radius 1 is 0.706 bits per heavy atom. The lowest BCUT2D eigenvalue weighted by atomic mass is 10.1. The quantitative estimate of drug-likeness (QED) is 0.0796. The highest BCUT2D eigenvalue weighted by Crippen LogP contribution is 2.53. The summed E-state index contributed by atoms with van der Waals surface area (Å²) < 4.78 is 87.9. The number of esters is 1. The van der Waals surface area contributed by atoms with Crippen molar-refractivity contribution in [2.75, 3.05) is 23.0 Å². The molecule has 7 rings (SSSR count). The molecule has 0 amide bonds. The van der Waals surface area contributed by atoms with Gasteiger partial charge in [-0.3, -0.25) is 10.1 Å². The van der Waals surface area contributed by atoms with Gasteiger partial charge in [0.15, 0.2) is 23.0 Å². The van der Waals surface area contributed by atoms with Crippen molar-refractivity contribution in [3.63, 3.8) is 0 Å². The van der Waals surface area contributed by atoms with Gasteiger partial charge in [0, 0.05) is 60.8 Å². The number of nitro groups is 1. The Balaban J connectivity index is 0.000000187. The Labute approximate surface area is 294 Å². The van der Waals surface area contributed by atoms with Crippen molar-refractivity contribution < 1.29 is 70.3 Å². The van der Waals surface area contributed by atoms with E-state index < -0.39 is 41.7 Å². The van der Waals surface area contributed by atoms with Crippen LogP contribution in [0.3, 0.4) is 0 Å². The highest BCUT2D eigenvalue weighted by atomic mass is 32.2. The van der Waals surface area contributed by atoms with Gasteiger partial charge in [0.05, 0.1) is 4.92 Å². The first kappa shape index (κ1) is 36.0. The predicted molar refractivity (Wildman–Crippen MR) is 172 cm³/mol. The van der Waals surface area contributed by atoms with E-state index in [1.165, 1.54) is 42.5 Å². The molecular weight excluding hydrogens is 730 g/mol. The third-order valence-electron chi connectivity index (χ3n) is 7.95. The highest BCUT2D eigenvalue weighted by Gasteiger charge is 2.47. The normalized spacial score (nSPS) is 17.5. The topological polar surface area (TPSA) is 162 Å². The number of ether oxygens (including phenoxy) is 7. The first-order valence-corrected chi connectivity index (χ1v) is 17.5. The molecule has 13 nitrogen and oxygen atoms in total. The van der Waals surface area contributed by atoms with E-state index in [1.807, 2.05) is 0 Å². The van der Waals surface area contributed by atoms with E-state index in [-0.39, 0.29) is 57.1 Å². The molecule has 1 N–H and O–H groups in total. The number of carbonyl (C=O) groups is 2. The minimum Gasteiger partial charge on any atom is -0.478 e. The minimum atomic E-state index is -3.07. The molecular formula is C32H27F4NO12S2. The maximum Gasteiger partial charge on any atom is 0.387 e. The molecule has 4 aliphatic heterocycles. The maximum atomic E-state index is 12.8. The number of halogens is 4. The van der Waals surface area contributed by atoms with Gasteiger partial charge in [-0.05, 0) is 36.4 Å². The maximum absolute atomic E-state index is 12.8. The van der Waals surface area contributed by atoms with Gasteiger partial charge in [-0.2, -0.15) is 41.1 Å². The molecule has 0 saturated carbocycles. The fourth-order valence-corrected chi connectivity index (χ4v) is 7.78. The molecule has 4 aliphatic rings. The largest absolute Gasteiger partial charge is 0.478 e. The van der Waals surface area contributed by atoms with E-state index in [9.17, 15) is 42.4 Å². The van der Waals surface area contributed by atoms with Crippen LogP contribution in [0.15, 0.2) is 48.5 Å². The summed E-state index contributed by atoms with van der Waals surface area (Å²) in [6.45, 7) is -6.10. The molecule has 0 aliphatic carbocycles. The zero-order valence-electron chi connectivity index (χ0n) is 26.1. The van der Waals surface area contributed by atoms with Crippen LogP contribution in [0.2, 0.25) is 0 Å². The number of nitrogens with zero attached hydrogens (tertiary/aromatic N) is 1. The fourth-order valence-electron chi connectivity index (χ4n) is 5.55. The molecule has 0 unspecified atom stereocenters. The molecule has 0 radical (unpaired) electrons. The molecule has 19 heteroatoms. The number of aromatic carboxylic acids is 1. The van der Waals surface area contributed by atoms with Crippen LogP contribution in [-0.4, -0.2) is 69.8 Å². The zero-order valence-corrected chi connectivity index (χ0v) is 27.8. The van der Waals surface area contributed by atoms with E-state index in [4.69, 9.17) is 23.7 Å². The van der Waals surface area contributed by atoms with Crippen molar-refractivity contribution >= 4 is 41.1 Å². The number of benzene rings is 3. The molecule has 3 aromatic rings.